The van der Waals surface area contributed by atoms with Gasteiger partial charge >= 0.3 is 0 Å². The third-order valence-corrected chi connectivity index (χ3v) is 2.10. The first kappa shape index (κ1) is 6.65. The molecule has 0 atom stereocenters. The molecule has 11 heavy (non-hydrogen) atoms. The minimum absolute atomic E-state index is 1.07. The van der Waals surface area contributed by atoms with E-state index in [1.165, 1.54) is 11.5 Å². The van der Waals surface area contributed by atoms with Crippen molar-refractivity contribution in [1.82, 2.24) is 9.55 Å². The first-order chi connectivity index (χ1) is 5.42. The second-order valence-electron chi connectivity index (χ2n) is 2.81. The summed E-state index contributed by atoms with van der Waals surface area (Å²) in [5.74, 6) is 1.21. The van der Waals surface area contributed by atoms with E-state index >= 15 is 0 Å². The fourth-order valence-corrected chi connectivity index (χ4v) is 1.46. The van der Waals surface area contributed by atoms with E-state index in [1.54, 1.807) is 0 Å². The summed E-state index contributed by atoms with van der Waals surface area (Å²) in [6.45, 7) is 2.16. The molecule has 1 aliphatic rings. The van der Waals surface area contributed by atoms with Crippen LogP contribution in [0.2, 0.25) is 0 Å². The average molecular weight is 148 g/mol. The van der Waals surface area contributed by atoms with Crippen LogP contribution in [0.3, 0.4) is 0 Å². The fourth-order valence-electron chi connectivity index (χ4n) is 1.46. The number of nitrogens with zero attached hydrogens (tertiary/aromatic N) is 2. The van der Waals surface area contributed by atoms with Gasteiger partial charge in [0.25, 0.3) is 0 Å². The number of allylic oxidation sites excluding steroid dienone is 1. The summed E-state index contributed by atoms with van der Waals surface area (Å²) in [4.78, 5) is 4.34. The van der Waals surface area contributed by atoms with E-state index in [-0.39, 0.29) is 0 Å². The summed E-state index contributed by atoms with van der Waals surface area (Å²) >= 11 is 0. The number of hydrogen-bond donors (Lipinski definition) is 0. The molecule has 1 aliphatic heterocycles. The fraction of sp³-hybridized carbons (Fsp3) is 0.444. The lowest BCUT2D eigenvalue weighted by Gasteiger charge is -2.08. The Labute approximate surface area is 66.6 Å². The molecule has 0 aromatic carbocycles. The van der Waals surface area contributed by atoms with E-state index in [2.05, 4.69) is 28.8 Å². The van der Waals surface area contributed by atoms with Gasteiger partial charge in [0.1, 0.15) is 5.82 Å². The van der Waals surface area contributed by atoms with E-state index < -0.39 is 0 Å². The van der Waals surface area contributed by atoms with Crippen LogP contribution in [0, 0.1) is 0 Å². The lowest BCUT2D eigenvalue weighted by Crippen LogP contribution is -2.03. The van der Waals surface area contributed by atoms with Gasteiger partial charge in [-0.05, 0) is 12.8 Å². The Morgan fingerprint density at radius 2 is 2.55 bits per heavy atom. The molecule has 2 heteroatoms. The minimum atomic E-state index is 1.07. The standard InChI is InChI=1S/C9H12N2/c1-2-8-7-10-9-5-3-4-6-11(8)9/h4,6-7H,2-3,5H2,1H3. The zero-order chi connectivity index (χ0) is 7.68. The first-order valence-corrected chi connectivity index (χ1v) is 4.13. The van der Waals surface area contributed by atoms with Crippen LogP contribution in [-0.4, -0.2) is 9.55 Å². The van der Waals surface area contributed by atoms with Crippen LogP contribution in [0.5, 0.6) is 0 Å². The molecular weight excluding hydrogens is 136 g/mol. The highest BCUT2D eigenvalue weighted by Gasteiger charge is 2.07. The lowest BCUT2D eigenvalue weighted by molar-refractivity contribution is 0.814. The van der Waals surface area contributed by atoms with Gasteiger partial charge < -0.3 is 4.57 Å². The quantitative estimate of drug-likeness (QED) is 0.594. The number of fused-ring (bicyclic) bond motifs is 1. The highest BCUT2D eigenvalue weighted by Crippen LogP contribution is 2.13. The lowest BCUT2D eigenvalue weighted by atomic mass is 10.2. The van der Waals surface area contributed by atoms with Crippen LogP contribution >= 0.6 is 0 Å². The van der Waals surface area contributed by atoms with Crippen molar-refractivity contribution in [3.63, 3.8) is 0 Å². The Morgan fingerprint density at radius 1 is 1.64 bits per heavy atom. The van der Waals surface area contributed by atoms with Crippen LogP contribution < -0.4 is 0 Å². The van der Waals surface area contributed by atoms with E-state index in [9.17, 15) is 0 Å². The van der Waals surface area contributed by atoms with Crippen molar-refractivity contribution < 1.29 is 0 Å². The van der Waals surface area contributed by atoms with Gasteiger partial charge in [0.2, 0.25) is 0 Å². The Bertz CT molecular complexity index is 284. The van der Waals surface area contributed by atoms with Gasteiger partial charge in [-0.15, -0.1) is 0 Å². The molecule has 0 radical (unpaired) electrons. The predicted octanol–water partition coefficient (Wildman–Crippen LogP) is 1.86. The molecule has 58 valence electrons. The minimum Gasteiger partial charge on any atom is -0.308 e. The molecule has 1 aromatic heterocycles. The van der Waals surface area contributed by atoms with Crippen molar-refractivity contribution in [3.8, 4) is 0 Å². The zero-order valence-corrected chi connectivity index (χ0v) is 6.75. The molecule has 0 bridgehead atoms. The molecule has 0 saturated heterocycles. The summed E-state index contributed by atoms with van der Waals surface area (Å²) in [7, 11) is 0. The number of hydrogen-bond acceptors (Lipinski definition) is 1. The molecule has 0 spiro atoms. The maximum absolute atomic E-state index is 4.34. The van der Waals surface area contributed by atoms with Crippen molar-refractivity contribution in [3.05, 3.63) is 23.8 Å². The van der Waals surface area contributed by atoms with Crippen molar-refractivity contribution in [2.24, 2.45) is 0 Å². The summed E-state index contributed by atoms with van der Waals surface area (Å²) in [6.07, 6.45) is 9.61. The SMILES string of the molecule is CCc1cnc2n1C=CCC2. The Hall–Kier alpha value is -1.05. The predicted molar refractivity (Wildman–Crippen MR) is 45.3 cm³/mol. The third-order valence-electron chi connectivity index (χ3n) is 2.10. The maximum Gasteiger partial charge on any atom is 0.113 e. The molecule has 0 saturated carbocycles. The van der Waals surface area contributed by atoms with Gasteiger partial charge in [-0.1, -0.05) is 13.0 Å². The Balaban J connectivity index is 2.48. The number of imidazole rings is 1. The topological polar surface area (TPSA) is 17.8 Å². The molecule has 0 N–H and O–H groups in total. The van der Waals surface area contributed by atoms with Crippen LogP contribution in [0.15, 0.2) is 12.3 Å². The summed E-state index contributed by atoms with van der Waals surface area (Å²) in [5, 5.41) is 0. The van der Waals surface area contributed by atoms with Crippen LogP contribution in [-0.2, 0) is 12.8 Å². The smallest absolute Gasteiger partial charge is 0.113 e. The normalized spacial score (nSPS) is 15.0. The highest BCUT2D eigenvalue weighted by atomic mass is 15.1. The molecule has 2 heterocycles. The third kappa shape index (κ3) is 0.985. The van der Waals surface area contributed by atoms with Crippen molar-refractivity contribution in [1.29, 1.82) is 0 Å². The van der Waals surface area contributed by atoms with Crippen LogP contribution in [0.25, 0.3) is 6.20 Å². The molecular formula is C9H12N2. The molecule has 0 unspecified atom stereocenters. The summed E-state index contributed by atoms with van der Waals surface area (Å²) < 4.78 is 2.20. The second-order valence-corrected chi connectivity index (χ2v) is 2.81. The summed E-state index contributed by atoms with van der Waals surface area (Å²) in [5.41, 5.74) is 1.32. The van der Waals surface area contributed by atoms with Gasteiger partial charge in [0.15, 0.2) is 0 Å². The van der Waals surface area contributed by atoms with Gasteiger partial charge in [-0.2, -0.15) is 0 Å². The van der Waals surface area contributed by atoms with Crippen molar-refractivity contribution in [2.75, 3.05) is 0 Å². The first-order valence-electron chi connectivity index (χ1n) is 4.13. The van der Waals surface area contributed by atoms with Gasteiger partial charge in [0.05, 0.1) is 0 Å². The van der Waals surface area contributed by atoms with E-state index in [1.807, 2.05) is 6.20 Å². The van der Waals surface area contributed by atoms with Gasteiger partial charge in [-0.3, -0.25) is 0 Å². The van der Waals surface area contributed by atoms with E-state index in [4.69, 9.17) is 0 Å². The Kier molecular flexibility index (Phi) is 1.53. The number of aryl methyl sites for hydroxylation is 2. The largest absolute Gasteiger partial charge is 0.308 e. The van der Waals surface area contributed by atoms with E-state index in [0.717, 1.165) is 19.3 Å². The van der Waals surface area contributed by atoms with Gasteiger partial charge in [0, 0.05) is 24.5 Å². The van der Waals surface area contributed by atoms with E-state index in [0.29, 0.717) is 0 Å². The molecule has 2 rings (SSSR count). The van der Waals surface area contributed by atoms with Crippen LogP contribution in [0.4, 0.5) is 0 Å². The summed E-state index contributed by atoms with van der Waals surface area (Å²) in [6, 6.07) is 0. The number of rotatable bonds is 1. The van der Waals surface area contributed by atoms with Crippen molar-refractivity contribution in [2.45, 2.75) is 26.2 Å². The molecule has 2 nitrogen and oxygen atoms in total. The second kappa shape index (κ2) is 2.53. The maximum atomic E-state index is 4.34. The van der Waals surface area contributed by atoms with Crippen molar-refractivity contribution >= 4 is 6.20 Å². The zero-order valence-electron chi connectivity index (χ0n) is 6.75. The number of aromatic nitrogens is 2. The average Bonchev–Trinajstić information content (AvgIpc) is 2.47. The highest BCUT2D eigenvalue weighted by molar-refractivity contribution is 5.32. The molecule has 1 aromatic rings. The van der Waals surface area contributed by atoms with Gasteiger partial charge in [-0.25, -0.2) is 4.98 Å². The molecule has 0 fully saturated rings. The monoisotopic (exact) mass is 148 g/mol. The van der Waals surface area contributed by atoms with Crippen LogP contribution in [0.1, 0.15) is 24.9 Å². The molecule has 0 amide bonds. The Morgan fingerprint density at radius 3 is 3.36 bits per heavy atom. The molecule has 0 aliphatic carbocycles.